The van der Waals surface area contributed by atoms with Gasteiger partial charge in [-0.1, -0.05) is 22.0 Å². The van der Waals surface area contributed by atoms with Gasteiger partial charge in [-0.15, -0.1) is 0 Å². The van der Waals surface area contributed by atoms with Gasteiger partial charge in [0.15, 0.2) is 11.6 Å². The molecule has 2 nitrogen and oxygen atoms in total. The first-order valence-corrected chi connectivity index (χ1v) is 6.83. The fourth-order valence-corrected chi connectivity index (χ4v) is 2.13. The van der Waals surface area contributed by atoms with E-state index in [1.165, 1.54) is 7.11 Å². The van der Waals surface area contributed by atoms with Crippen molar-refractivity contribution in [1.82, 2.24) is 4.90 Å². The van der Waals surface area contributed by atoms with E-state index < -0.39 is 0 Å². The molecule has 17 heavy (non-hydrogen) atoms. The minimum atomic E-state index is -0.299. The van der Waals surface area contributed by atoms with Crippen LogP contribution in [0.5, 0.6) is 5.75 Å². The highest BCUT2D eigenvalue weighted by atomic mass is 79.9. The minimum absolute atomic E-state index is 0.297. The molecule has 0 aromatic heterocycles. The van der Waals surface area contributed by atoms with Crippen LogP contribution in [0.2, 0.25) is 0 Å². The van der Waals surface area contributed by atoms with Crippen LogP contribution in [0.3, 0.4) is 0 Å². The van der Waals surface area contributed by atoms with Gasteiger partial charge in [-0.3, -0.25) is 4.90 Å². The maximum Gasteiger partial charge on any atom is 0.165 e. The number of halogens is 2. The van der Waals surface area contributed by atoms with Crippen LogP contribution in [0, 0.1) is 5.82 Å². The zero-order valence-corrected chi connectivity index (χ0v) is 12.1. The third-order valence-corrected chi connectivity index (χ3v) is 3.06. The standard InChI is InChI=1S/C13H19BrFNO/c1-10(2)16(7-6-14)9-11-4-5-13(17-3)12(15)8-11/h4-5,8,10H,6-7,9H2,1-3H3. The molecule has 96 valence electrons. The molecule has 0 atom stereocenters. The summed E-state index contributed by atoms with van der Waals surface area (Å²) in [4.78, 5) is 2.29. The summed E-state index contributed by atoms with van der Waals surface area (Å²) in [5, 5.41) is 0.920. The van der Waals surface area contributed by atoms with Gasteiger partial charge in [-0.05, 0) is 31.5 Å². The third kappa shape index (κ3) is 4.28. The van der Waals surface area contributed by atoms with Gasteiger partial charge in [-0.2, -0.15) is 0 Å². The van der Waals surface area contributed by atoms with Gasteiger partial charge in [0.05, 0.1) is 7.11 Å². The second-order valence-corrected chi connectivity index (χ2v) is 5.02. The quantitative estimate of drug-likeness (QED) is 0.747. The lowest BCUT2D eigenvalue weighted by Crippen LogP contribution is -2.32. The Labute approximate surface area is 111 Å². The molecule has 0 radical (unpaired) electrons. The number of benzene rings is 1. The second kappa shape index (κ2) is 6.97. The van der Waals surface area contributed by atoms with E-state index in [2.05, 4.69) is 34.7 Å². The van der Waals surface area contributed by atoms with E-state index in [1.807, 2.05) is 6.07 Å². The maximum atomic E-state index is 13.5. The summed E-state index contributed by atoms with van der Waals surface area (Å²) < 4.78 is 18.4. The molecular weight excluding hydrogens is 285 g/mol. The first-order chi connectivity index (χ1) is 8.08. The predicted octanol–water partition coefficient (Wildman–Crippen LogP) is 3.44. The van der Waals surface area contributed by atoms with E-state index in [0.29, 0.717) is 11.8 Å². The molecule has 0 aliphatic rings. The summed E-state index contributed by atoms with van der Waals surface area (Å²) in [6.45, 7) is 5.99. The van der Waals surface area contributed by atoms with E-state index >= 15 is 0 Å². The van der Waals surface area contributed by atoms with Gasteiger partial charge in [0.1, 0.15) is 0 Å². The van der Waals surface area contributed by atoms with E-state index in [-0.39, 0.29) is 5.82 Å². The summed E-state index contributed by atoms with van der Waals surface area (Å²) in [5.74, 6) is -0.00196. The SMILES string of the molecule is COc1ccc(CN(CCBr)C(C)C)cc1F. The monoisotopic (exact) mass is 303 g/mol. The highest BCUT2D eigenvalue weighted by Crippen LogP contribution is 2.19. The number of hydrogen-bond donors (Lipinski definition) is 0. The third-order valence-electron chi connectivity index (χ3n) is 2.70. The van der Waals surface area contributed by atoms with Gasteiger partial charge in [0, 0.05) is 24.5 Å². The van der Waals surface area contributed by atoms with Crippen molar-refractivity contribution in [3.05, 3.63) is 29.6 Å². The summed E-state index contributed by atoms with van der Waals surface area (Å²) in [6.07, 6.45) is 0. The van der Waals surface area contributed by atoms with Gasteiger partial charge >= 0.3 is 0 Å². The van der Waals surface area contributed by atoms with Crippen molar-refractivity contribution in [3.8, 4) is 5.75 Å². The fraction of sp³-hybridized carbons (Fsp3) is 0.538. The minimum Gasteiger partial charge on any atom is -0.494 e. The van der Waals surface area contributed by atoms with Crippen molar-refractivity contribution in [3.63, 3.8) is 0 Å². The maximum absolute atomic E-state index is 13.5. The molecule has 0 saturated heterocycles. The lowest BCUT2D eigenvalue weighted by atomic mass is 10.1. The molecule has 0 unspecified atom stereocenters. The molecule has 1 aromatic carbocycles. The summed E-state index contributed by atoms with van der Waals surface area (Å²) in [7, 11) is 1.48. The number of nitrogens with zero attached hydrogens (tertiary/aromatic N) is 1. The van der Waals surface area contributed by atoms with Crippen LogP contribution in [0.1, 0.15) is 19.4 Å². The molecular formula is C13H19BrFNO. The van der Waals surface area contributed by atoms with Gasteiger partial charge in [0.2, 0.25) is 0 Å². The molecule has 4 heteroatoms. The number of hydrogen-bond acceptors (Lipinski definition) is 2. The van der Waals surface area contributed by atoms with E-state index in [4.69, 9.17) is 4.74 Å². The smallest absolute Gasteiger partial charge is 0.165 e. The Bertz CT molecular complexity index is 357. The highest BCUT2D eigenvalue weighted by Gasteiger charge is 2.11. The predicted molar refractivity (Wildman–Crippen MR) is 72.3 cm³/mol. The molecule has 0 fully saturated rings. The van der Waals surface area contributed by atoms with Crippen molar-refractivity contribution in [1.29, 1.82) is 0 Å². The van der Waals surface area contributed by atoms with Crippen molar-refractivity contribution >= 4 is 15.9 Å². The van der Waals surface area contributed by atoms with Crippen LogP contribution in [-0.4, -0.2) is 29.9 Å². The van der Waals surface area contributed by atoms with Crippen molar-refractivity contribution < 1.29 is 9.13 Å². The average molecular weight is 304 g/mol. The van der Waals surface area contributed by atoms with Crippen LogP contribution in [0.25, 0.3) is 0 Å². The molecule has 1 aromatic rings. The largest absolute Gasteiger partial charge is 0.494 e. The first kappa shape index (κ1) is 14.5. The van der Waals surface area contributed by atoms with Gasteiger partial charge in [-0.25, -0.2) is 4.39 Å². The Morgan fingerprint density at radius 2 is 2.12 bits per heavy atom. The number of ether oxygens (including phenoxy) is 1. The Balaban J connectivity index is 2.76. The topological polar surface area (TPSA) is 12.5 Å². The number of rotatable bonds is 6. The molecule has 0 saturated carbocycles. The molecule has 0 N–H and O–H groups in total. The first-order valence-electron chi connectivity index (χ1n) is 5.71. The van der Waals surface area contributed by atoms with Crippen LogP contribution < -0.4 is 4.74 Å². The Morgan fingerprint density at radius 1 is 1.41 bits per heavy atom. The van der Waals surface area contributed by atoms with Crippen LogP contribution in [-0.2, 0) is 6.54 Å². The molecule has 0 aliphatic carbocycles. The number of methoxy groups -OCH3 is 1. The zero-order chi connectivity index (χ0) is 12.8. The van der Waals surface area contributed by atoms with Gasteiger partial charge < -0.3 is 4.74 Å². The summed E-state index contributed by atoms with van der Waals surface area (Å²) >= 11 is 3.43. The highest BCUT2D eigenvalue weighted by molar-refractivity contribution is 9.09. The normalized spacial score (nSPS) is 11.2. The summed E-state index contributed by atoms with van der Waals surface area (Å²) in [5.41, 5.74) is 0.970. The summed E-state index contributed by atoms with van der Waals surface area (Å²) in [6, 6.07) is 5.57. The molecule has 0 spiro atoms. The van der Waals surface area contributed by atoms with Crippen LogP contribution in [0.15, 0.2) is 18.2 Å². The lowest BCUT2D eigenvalue weighted by Gasteiger charge is -2.25. The van der Waals surface area contributed by atoms with Crippen molar-refractivity contribution in [2.24, 2.45) is 0 Å². The van der Waals surface area contributed by atoms with Gasteiger partial charge in [0.25, 0.3) is 0 Å². The average Bonchev–Trinajstić information content (AvgIpc) is 2.28. The molecule has 1 rings (SSSR count). The second-order valence-electron chi connectivity index (χ2n) is 4.22. The molecule has 0 amide bonds. The van der Waals surface area contributed by atoms with Crippen LogP contribution >= 0.6 is 15.9 Å². The van der Waals surface area contributed by atoms with Crippen LogP contribution in [0.4, 0.5) is 4.39 Å². The Morgan fingerprint density at radius 3 is 2.59 bits per heavy atom. The van der Waals surface area contributed by atoms with E-state index in [0.717, 1.165) is 24.0 Å². The lowest BCUT2D eigenvalue weighted by molar-refractivity contribution is 0.227. The Hall–Kier alpha value is -0.610. The van der Waals surface area contributed by atoms with E-state index in [1.54, 1.807) is 12.1 Å². The zero-order valence-electron chi connectivity index (χ0n) is 10.5. The van der Waals surface area contributed by atoms with Crippen molar-refractivity contribution in [2.75, 3.05) is 19.0 Å². The molecule has 0 aliphatic heterocycles. The Kier molecular flexibility index (Phi) is 5.92. The number of alkyl halides is 1. The molecule has 0 heterocycles. The van der Waals surface area contributed by atoms with E-state index in [9.17, 15) is 4.39 Å². The van der Waals surface area contributed by atoms with Crippen molar-refractivity contribution in [2.45, 2.75) is 26.4 Å². The molecule has 0 bridgehead atoms. The fourth-order valence-electron chi connectivity index (χ4n) is 1.67.